The van der Waals surface area contributed by atoms with Crippen LogP contribution in [0.2, 0.25) is 0 Å². The molecule has 0 saturated carbocycles. The van der Waals surface area contributed by atoms with E-state index >= 15 is 0 Å². The number of benzene rings is 1. The molecule has 1 N–H and O–H groups in total. The summed E-state index contributed by atoms with van der Waals surface area (Å²) in [5, 5.41) is 21.6. The molecule has 3 aromatic heterocycles. The van der Waals surface area contributed by atoms with Crippen LogP contribution >= 0.6 is 0 Å². The SMILES string of the molecule is CN1CCN(C(=O)Cn2cc(Nc3nc4c(N5CC(CC#N)(c6c[c-]ccc6)C5)cccn4n3)cn2)CC1.[W]. The van der Waals surface area contributed by atoms with Crippen LogP contribution in [0.3, 0.4) is 0 Å². The van der Waals surface area contributed by atoms with Gasteiger partial charge in [0.25, 0.3) is 0 Å². The van der Waals surface area contributed by atoms with Crippen LogP contribution in [0, 0.1) is 17.4 Å². The smallest absolute Gasteiger partial charge is 0.247 e. The summed E-state index contributed by atoms with van der Waals surface area (Å²) in [5.74, 6) is 0.516. The number of nitrogens with zero attached hydrogens (tertiary/aromatic N) is 9. The van der Waals surface area contributed by atoms with Gasteiger partial charge in [-0.3, -0.25) is 9.48 Å². The van der Waals surface area contributed by atoms with E-state index in [9.17, 15) is 10.1 Å². The van der Waals surface area contributed by atoms with Gasteiger partial charge in [0.05, 0.1) is 23.6 Å². The maximum atomic E-state index is 12.6. The quantitative estimate of drug-likeness (QED) is 0.293. The first-order valence-electron chi connectivity index (χ1n) is 12.7. The number of likely N-dealkylation sites (N-methyl/N-ethyl adjacent to an activating group) is 1. The Hall–Kier alpha value is -3.74. The fraction of sp³-hybridized carbons (Fsp3) is 0.370. The number of rotatable bonds is 7. The Morgan fingerprint density at radius 1 is 1.21 bits per heavy atom. The van der Waals surface area contributed by atoms with Gasteiger partial charge in [-0.2, -0.15) is 45.7 Å². The molecule has 1 aromatic carbocycles. The summed E-state index contributed by atoms with van der Waals surface area (Å²) in [6, 6.07) is 17.4. The summed E-state index contributed by atoms with van der Waals surface area (Å²) in [6.45, 7) is 4.92. The van der Waals surface area contributed by atoms with Crippen molar-refractivity contribution in [3.63, 3.8) is 0 Å². The topological polar surface area (TPSA) is 111 Å². The maximum absolute atomic E-state index is 12.6. The minimum atomic E-state index is -0.212. The fourth-order valence-corrected chi connectivity index (χ4v) is 5.26. The Bertz CT molecular complexity index is 1480. The second-order valence-electron chi connectivity index (χ2n) is 10.1. The van der Waals surface area contributed by atoms with Gasteiger partial charge in [0.2, 0.25) is 11.9 Å². The van der Waals surface area contributed by atoms with Gasteiger partial charge in [-0.15, -0.1) is 10.7 Å². The van der Waals surface area contributed by atoms with E-state index in [1.807, 2.05) is 41.4 Å². The molecular weight excluding hydrogens is 664 g/mol. The van der Waals surface area contributed by atoms with Crippen LogP contribution in [0.25, 0.3) is 5.65 Å². The molecule has 2 aliphatic rings. The zero-order valence-corrected chi connectivity index (χ0v) is 24.6. The van der Waals surface area contributed by atoms with E-state index < -0.39 is 0 Å². The Morgan fingerprint density at radius 3 is 2.77 bits per heavy atom. The number of hydrogen-bond donors (Lipinski definition) is 1. The number of carbonyl (C=O) groups is 1. The van der Waals surface area contributed by atoms with Crippen LogP contribution < -0.4 is 10.2 Å². The summed E-state index contributed by atoms with van der Waals surface area (Å²) in [5.41, 5.74) is 3.34. The van der Waals surface area contributed by atoms with Crippen LogP contribution in [0.15, 0.2) is 55.0 Å². The third-order valence-corrected chi connectivity index (χ3v) is 7.45. The normalized spacial score (nSPS) is 16.8. The first-order chi connectivity index (χ1) is 18.5. The van der Waals surface area contributed by atoms with Crippen molar-refractivity contribution in [3.05, 3.63) is 66.6 Å². The molecule has 12 heteroatoms. The van der Waals surface area contributed by atoms with E-state index in [1.54, 1.807) is 21.6 Å². The summed E-state index contributed by atoms with van der Waals surface area (Å²) in [6.07, 6.45) is 5.78. The van der Waals surface area contributed by atoms with E-state index in [-0.39, 0.29) is 38.9 Å². The monoisotopic (exact) mass is 693 g/mol. The van der Waals surface area contributed by atoms with Gasteiger partial charge in [0.15, 0.2) is 5.65 Å². The third kappa shape index (κ3) is 5.40. The van der Waals surface area contributed by atoms with Crippen LogP contribution in [0.1, 0.15) is 12.0 Å². The molecule has 11 nitrogen and oxygen atoms in total. The van der Waals surface area contributed by atoms with Crippen molar-refractivity contribution in [2.45, 2.75) is 18.4 Å². The van der Waals surface area contributed by atoms with Crippen molar-refractivity contribution in [3.8, 4) is 6.07 Å². The number of pyridine rings is 1. The van der Waals surface area contributed by atoms with Crippen molar-refractivity contribution in [1.29, 1.82) is 5.26 Å². The van der Waals surface area contributed by atoms with Gasteiger partial charge in [-0.25, -0.2) is 4.52 Å². The van der Waals surface area contributed by atoms with Crippen molar-refractivity contribution in [2.24, 2.45) is 0 Å². The molecule has 2 saturated heterocycles. The molecular formula is C27H29N10OW-. The molecule has 0 radical (unpaired) electrons. The van der Waals surface area contributed by atoms with Crippen molar-refractivity contribution < 1.29 is 25.9 Å². The van der Waals surface area contributed by atoms with Gasteiger partial charge >= 0.3 is 0 Å². The number of piperazine rings is 1. The molecule has 5 heterocycles. The molecule has 200 valence electrons. The van der Waals surface area contributed by atoms with E-state index in [2.05, 4.69) is 50.6 Å². The average molecular weight is 693 g/mol. The van der Waals surface area contributed by atoms with Crippen molar-refractivity contribution in [2.75, 3.05) is 56.5 Å². The second-order valence-corrected chi connectivity index (χ2v) is 10.1. The minimum absolute atomic E-state index is 0. The fourth-order valence-electron chi connectivity index (χ4n) is 5.26. The van der Waals surface area contributed by atoms with E-state index in [0.29, 0.717) is 18.1 Å². The molecule has 6 rings (SSSR count). The number of nitriles is 1. The first kappa shape index (κ1) is 26.8. The van der Waals surface area contributed by atoms with Crippen molar-refractivity contribution >= 4 is 28.9 Å². The second kappa shape index (κ2) is 11.2. The Balaban J connectivity index is 0.00000308. The van der Waals surface area contributed by atoms with Crippen LogP contribution in [0.4, 0.5) is 17.3 Å². The van der Waals surface area contributed by atoms with Gasteiger partial charge < -0.3 is 20.0 Å². The zero-order valence-electron chi connectivity index (χ0n) is 21.7. The molecule has 2 aliphatic heterocycles. The van der Waals surface area contributed by atoms with Crippen LogP contribution in [-0.4, -0.2) is 86.4 Å². The number of amides is 1. The number of anilines is 3. The van der Waals surface area contributed by atoms with Gasteiger partial charge in [-0.1, -0.05) is 0 Å². The Kier molecular flexibility index (Phi) is 7.69. The molecule has 1 amide bonds. The number of nitrogens with one attached hydrogen (secondary N) is 1. The Morgan fingerprint density at radius 2 is 2.03 bits per heavy atom. The number of hydrogen-bond acceptors (Lipinski definition) is 8. The summed E-state index contributed by atoms with van der Waals surface area (Å²) in [4.78, 5) is 23.7. The molecule has 0 bridgehead atoms. The predicted octanol–water partition coefficient (Wildman–Crippen LogP) is 1.91. The molecule has 2 fully saturated rings. The molecule has 0 spiro atoms. The third-order valence-electron chi connectivity index (χ3n) is 7.45. The van der Waals surface area contributed by atoms with Crippen LogP contribution in [-0.2, 0) is 37.8 Å². The minimum Gasteiger partial charge on any atom is -0.369 e. The zero-order chi connectivity index (χ0) is 26.1. The number of fused-ring (bicyclic) bond motifs is 1. The Labute approximate surface area is 241 Å². The average Bonchev–Trinajstić information content (AvgIpc) is 3.53. The summed E-state index contributed by atoms with van der Waals surface area (Å²) < 4.78 is 3.39. The molecule has 0 atom stereocenters. The van der Waals surface area contributed by atoms with Crippen LogP contribution in [0.5, 0.6) is 0 Å². The predicted molar refractivity (Wildman–Crippen MR) is 142 cm³/mol. The molecule has 0 aliphatic carbocycles. The maximum Gasteiger partial charge on any atom is 0.247 e. The van der Waals surface area contributed by atoms with E-state index in [0.717, 1.165) is 56.2 Å². The first-order valence-corrected chi connectivity index (χ1v) is 12.7. The largest absolute Gasteiger partial charge is 0.369 e. The number of carbonyl (C=O) groups excluding carboxylic acids is 1. The van der Waals surface area contributed by atoms with E-state index in [4.69, 9.17) is 4.98 Å². The summed E-state index contributed by atoms with van der Waals surface area (Å²) in [7, 11) is 2.07. The standard InChI is InChI=1S/C27H29N10O.W/c1-33-12-14-34(15-13-33)24(38)18-36-17-22(16-29-36)30-26-31-25-23(8-5-11-37(25)32-26)35-19-27(20-35,9-10-28)21-6-3-2-4-7-21;/h2-3,5-8,11,16-17H,9,12-15,18-20H2,1H3,(H,30,32);/q-1;. The summed E-state index contributed by atoms with van der Waals surface area (Å²) >= 11 is 0. The van der Waals surface area contributed by atoms with Crippen molar-refractivity contribution in [1.82, 2.24) is 34.2 Å². The number of aromatic nitrogens is 5. The molecule has 39 heavy (non-hydrogen) atoms. The molecule has 4 aromatic rings. The van der Waals surface area contributed by atoms with Gasteiger partial charge in [-0.05, 0) is 24.6 Å². The molecule has 0 unspecified atom stereocenters. The van der Waals surface area contributed by atoms with Gasteiger partial charge in [0.1, 0.15) is 6.54 Å². The van der Waals surface area contributed by atoms with E-state index in [1.165, 1.54) is 0 Å². The van der Waals surface area contributed by atoms with Gasteiger partial charge in [0, 0.05) is 79.1 Å².